The number of hydrogen-bond acceptors (Lipinski definition) is 3. The van der Waals surface area contributed by atoms with Crippen molar-refractivity contribution < 1.29 is 4.42 Å². The van der Waals surface area contributed by atoms with E-state index in [-0.39, 0.29) is 0 Å². The van der Waals surface area contributed by atoms with Crippen LogP contribution in [0.1, 0.15) is 0 Å². The van der Waals surface area contributed by atoms with E-state index in [9.17, 15) is 0 Å². The van der Waals surface area contributed by atoms with Crippen LogP contribution in [0.2, 0.25) is 0 Å². The van der Waals surface area contributed by atoms with Gasteiger partial charge in [-0.05, 0) is 35.4 Å². The van der Waals surface area contributed by atoms with Gasteiger partial charge >= 0.3 is 0 Å². The van der Waals surface area contributed by atoms with E-state index < -0.39 is 0 Å². The molecule has 0 bridgehead atoms. The summed E-state index contributed by atoms with van der Waals surface area (Å²) < 4.78 is 5.66. The van der Waals surface area contributed by atoms with Gasteiger partial charge < -0.3 is 9.73 Å². The van der Waals surface area contributed by atoms with Gasteiger partial charge in [0, 0.05) is 5.69 Å². The van der Waals surface area contributed by atoms with Crippen LogP contribution in [0.4, 0.5) is 11.7 Å². The normalized spacial score (nSPS) is 10.7. The lowest BCUT2D eigenvalue weighted by Crippen LogP contribution is -1.89. The Morgan fingerprint density at radius 2 is 1.36 bits per heavy atom. The lowest BCUT2D eigenvalue weighted by molar-refractivity contribution is 0.623. The monoisotopic (exact) mass is 286 g/mol. The molecule has 22 heavy (non-hydrogen) atoms. The summed E-state index contributed by atoms with van der Waals surface area (Å²) in [5.74, 6) is 0. The molecular formula is C19H14N2O. The molecule has 0 atom stereocenters. The van der Waals surface area contributed by atoms with E-state index in [1.54, 1.807) is 0 Å². The predicted octanol–water partition coefficient (Wildman–Crippen LogP) is 5.24. The molecule has 106 valence electrons. The van der Waals surface area contributed by atoms with E-state index in [1.165, 1.54) is 11.1 Å². The number of nitrogens with one attached hydrogen (secondary N) is 1. The molecule has 0 saturated carbocycles. The summed E-state index contributed by atoms with van der Waals surface area (Å²) >= 11 is 0. The van der Waals surface area contributed by atoms with Gasteiger partial charge in [-0.2, -0.15) is 4.98 Å². The summed E-state index contributed by atoms with van der Waals surface area (Å²) in [5, 5.41) is 3.19. The Kier molecular flexibility index (Phi) is 3.09. The zero-order valence-electron chi connectivity index (χ0n) is 11.9. The number of nitrogens with zero attached hydrogens (tertiary/aromatic N) is 1. The second kappa shape index (κ2) is 5.37. The lowest BCUT2D eigenvalue weighted by atomic mass is 10.1. The van der Waals surface area contributed by atoms with Crippen LogP contribution in [0.15, 0.2) is 83.3 Å². The summed E-state index contributed by atoms with van der Waals surface area (Å²) in [7, 11) is 0. The number of fused-ring (bicyclic) bond motifs is 1. The Morgan fingerprint density at radius 3 is 2.14 bits per heavy atom. The molecule has 0 aliphatic carbocycles. The molecule has 0 amide bonds. The first-order chi connectivity index (χ1) is 10.9. The smallest absolute Gasteiger partial charge is 0.300 e. The van der Waals surface area contributed by atoms with E-state index in [0.29, 0.717) is 6.01 Å². The SMILES string of the molecule is c1ccc(-c2ccc(Nc3nc4ccccc4o3)cc2)cc1. The van der Waals surface area contributed by atoms with E-state index in [0.717, 1.165) is 16.8 Å². The largest absolute Gasteiger partial charge is 0.423 e. The summed E-state index contributed by atoms with van der Waals surface area (Å²) in [6.45, 7) is 0. The number of oxazole rings is 1. The lowest BCUT2D eigenvalue weighted by Gasteiger charge is -2.04. The zero-order valence-corrected chi connectivity index (χ0v) is 11.9. The third kappa shape index (κ3) is 2.44. The van der Waals surface area contributed by atoms with Gasteiger partial charge in [-0.15, -0.1) is 0 Å². The average Bonchev–Trinajstić information content (AvgIpc) is 2.98. The Bertz CT molecular complexity index is 863. The molecule has 1 heterocycles. The molecule has 0 saturated heterocycles. The van der Waals surface area contributed by atoms with Gasteiger partial charge in [0.2, 0.25) is 0 Å². The summed E-state index contributed by atoms with van der Waals surface area (Å²) in [6, 6.07) is 26.8. The van der Waals surface area contributed by atoms with E-state index in [2.05, 4.69) is 34.6 Å². The van der Waals surface area contributed by atoms with E-state index in [4.69, 9.17) is 4.42 Å². The first-order valence-corrected chi connectivity index (χ1v) is 7.16. The van der Waals surface area contributed by atoms with E-state index >= 15 is 0 Å². The van der Waals surface area contributed by atoms with Crippen LogP contribution >= 0.6 is 0 Å². The predicted molar refractivity (Wildman–Crippen MR) is 89.2 cm³/mol. The molecule has 0 spiro atoms. The molecule has 0 aliphatic rings. The van der Waals surface area contributed by atoms with Crippen molar-refractivity contribution in [3.05, 3.63) is 78.9 Å². The van der Waals surface area contributed by atoms with Crippen LogP contribution < -0.4 is 5.32 Å². The first kappa shape index (κ1) is 12.7. The quantitative estimate of drug-likeness (QED) is 0.559. The molecule has 3 nitrogen and oxygen atoms in total. The van der Waals surface area contributed by atoms with Crippen LogP contribution in [0, 0.1) is 0 Å². The standard InChI is InChI=1S/C19H14N2O/c1-2-6-14(7-3-1)15-10-12-16(13-11-15)20-19-21-17-8-4-5-9-18(17)22-19/h1-13H,(H,20,21). The zero-order chi connectivity index (χ0) is 14.8. The highest BCUT2D eigenvalue weighted by atomic mass is 16.4. The number of benzene rings is 3. The Morgan fingerprint density at radius 1 is 0.682 bits per heavy atom. The van der Waals surface area contributed by atoms with Gasteiger partial charge in [0.15, 0.2) is 5.58 Å². The second-order valence-corrected chi connectivity index (χ2v) is 5.06. The fourth-order valence-electron chi connectivity index (χ4n) is 2.43. The molecule has 0 unspecified atom stereocenters. The van der Waals surface area contributed by atoms with Crippen molar-refractivity contribution >= 4 is 22.8 Å². The van der Waals surface area contributed by atoms with Gasteiger partial charge in [0.05, 0.1) is 0 Å². The Labute approximate surface area is 128 Å². The Hall–Kier alpha value is -3.07. The fraction of sp³-hybridized carbons (Fsp3) is 0. The number of aromatic nitrogens is 1. The summed E-state index contributed by atoms with van der Waals surface area (Å²) in [5.41, 5.74) is 4.97. The Balaban J connectivity index is 1.58. The van der Waals surface area contributed by atoms with Gasteiger partial charge in [-0.3, -0.25) is 0 Å². The van der Waals surface area contributed by atoms with Crippen molar-refractivity contribution in [3.8, 4) is 11.1 Å². The molecule has 0 aliphatic heterocycles. The molecule has 0 fully saturated rings. The van der Waals surface area contributed by atoms with Crippen LogP contribution in [-0.4, -0.2) is 4.98 Å². The molecule has 4 rings (SSSR count). The second-order valence-electron chi connectivity index (χ2n) is 5.06. The van der Waals surface area contributed by atoms with Crippen molar-refractivity contribution in [2.75, 3.05) is 5.32 Å². The summed E-state index contributed by atoms with van der Waals surface area (Å²) in [6.07, 6.45) is 0. The highest BCUT2D eigenvalue weighted by Gasteiger charge is 2.05. The van der Waals surface area contributed by atoms with E-state index in [1.807, 2.05) is 54.6 Å². The number of rotatable bonds is 3. The van der Waals surface area contributed by atoms with Crippen molar-refractivity contribution in [3.63, 3.8) is 0 Å². The van der Waals surface area contributed by atoms with Gasteiger partial charge in [0.1, 0.15) is 5.52 Å². The van der Waals surface area contributed by atoms with Crippen molar-refractivity contribution in [2.45, 2.75) is 0 Å². The maximum absolute atomic E-state index is 5.66. The highest BCUT2D eigenvalue weighted by Crippen LogP contribution is 2.24. The molecule has 0 radical (unpaired) electrons. The van der Waals surface area contributed by atoms with Gasteiger partial charge in [0.25, 0.3) is 6.01 Å². The minimum Gasteiger partial charge on any atom is -0.423 e. The van der Waals surface area contributed by atoms with Crippen molar-refractivity contribution in [2.24, 2.45) is 0 Å². The maximum atomic E-state index is 5.66. The van der Waals surface area contributed by atoms with Crippen LogP contribution in [0.5, 0.6) is 0 Å². The minimum absolute atomic E-state index is 0.508. The molecule has 1 N–H and O–H groups in total. The van der Waals surface area contributed by atoms with Crippen molar-refractivity contribution in [1.82, 2.24) is 4.98 Å². The van der Waals surface area contributed by atoms with Gasteiger partial charge in [-0.25, -0.2) is 0 Å². The van der Waals surface area contributed by atoms with Crippen LogP contribution in [-0.2, 0) is 0 Å². The molecular weight excluding hydrogens is 272 g/mol. The van der Waals surface area contributed by atoms with Crippen LogP contribution in [0.25, 0.3) is 22.2 Å². The maximum Gasteiger partial charge on any atom is 0.300 e. The highest BCUT2D eigenvalue weighted by molar-refractivity contribution is 5.75. The van der Waals surface area contributed by atoms with Gasteiger partial charge in [-0.1, -0.05) is 54.6 Å². The number of anilines is 2. The molecule has 4 aromatic rings. The van der Waals surface area contributed by atoms with Crippen LogP contribution in [0.3, 0.4) is 0 Å². The summed E-state index contributed by atoms with van der Waals surface area (Å²) in [4.78, 5) is 4.41. The number of hydrogen-bond donors (Lipinski definition) is 1. The molecule has 3 heteroatoms. The number of para-hydroxylation sites is 2. The topological polar surface area (TPSA) is 38.1 Å². The van der Waals surface area contributed by atoms with Crippen molar-refractivity contribution in [1.29, 1.82) is 0 Å². The third-order valence-corrected chi connectivity index (χ3v) is 3.54. The molecule has 1 aromatic heterocycles. The fourth-order valence-corrected chi connectivity index (χ4v) is 2.43. The third-order valence-electron chi connectivity index (χ3n) is 3.54. The first-order valence-electron chi connectivity index (χ1n) is 7.16. The minimum atomic E-state index is 0.508. The average molecular weight is 286 g/mol. The molecule has 3 aromatic carbocycles.